The number of nitrogens with one attached hydrogen (secondary N) is 1. The molecule has 0 fully saturated rings. The number of hydrogen-bond donors (Lipinski definition) is 3. The van der Waals surface area contributed by atoms with Gasteiger partial charge in [0.1, 0.15) is 11.5 Å². The normalized spacial score (nSPS) is 9.56. The zero-order valence-electron chi connectivity index (χ0n) is 8.47. The molecule has 16 heavy (non-hydrogen) atoms. The molecular formula is C8H11ClN6S. The first-order valence-electron chi connectivity index (χ1n) is 4.22. The summed E-state index contributed by atoms with van der Waals surface area (Å²) in [6.45, 7) is 1.88. The number of nitrogens with zero attached hydrogens (tertiary/aromatic N) is 3. The van der Waals surface area contributed by atoms with Crippen LogP contribution in [0.2, 0.25) is 0 Å². The van der Waals surface area contributed by atoms with Gasteiger partial charge in [-0.1, -0.05) is 0 Å². The van der Waals surface area contributed by atoms with Gasteiger partial charge in [0.2, 0.25) is 5.13 Å². The molecule has 0 saturated carbocycles. The van der Waals surface area contributed by atoms with Crippen LogP contribution in [-0.2, 0) is 0 Å². The minimum Gasteiger partial charge on any atom is -0.370 e. The molecule has 2 heterocycles. The zero-order chi connectivity index (χ0) is 10.8. The number of rotatable bonds is 2. The molecule has 2 aromatic rings. The number of guanidine groups is 1. The molecule has 6 nitrogen and oxygen atoms in total. The summed E-state index contributed by atoms with van der Waals surface area (Å²) in [5.41, 5.74) is 12.2. The Hall–Kier alpha value is -1.60. The van der Waals surface area contributed by atoms with Gasteiger partial charge in [0, 0.05) is 5.38 Å². The maximum Gasteiger partial charge on any atom is 0.212 e. The van der Waals surface area contributed by atoms with E-state index >= 15 is 0 Å². The van der Waals surface area contributed by atoms with Crippen molar-refractivity contribution in [1.82, 2.24) is 15.0 Å². The van der Waals surface area contributed by atoms with Crippen LogP contribution < -0.4 is 11.5 Å². The second-order valence-corrected chi connectivity index (χ2v) is 3.77. The molecule has 0 amide bonds. The van der Waals surface area contributed by atoms with Gasteiger partial charge in [-0.25, -0.2) is 9.97 Å². The van der Waals surface area contributed by atoms with Crippen LogP contribution in [0.4, 0.5) is 5.13 Å². The highest BCUT2D eigenvalue weighted by atomic mass is 35.5. The van der Waals surface area contributed by atoms with Crippen molar-refractivity contribution in [2.75, 3.05) is 0 Å². The average Bonchev–Trinajstić information content (AvgIpc) is 2.72. The van der Waals surface area contributed by atoms with Crippen LogP contribution in [0.1, 0.15) is 5.82 Å². The van der Waals surface area contributed by atoms with Gasteiger partial charge in [-0.2, -0.15) is 4.99 Å². The number of aryl methyl sites for hydroxylation is 1. The van der Waals surface area contributed by atoms with Crippen molar-refractivity contribution in [3.05, 3.63) is 17.4 Å². The molecule has 86 valence electrons. The minimum atomic E-state index is 0. The first kappa shape index (κ1) is 12.5. The Labute approximate surface area is 102 Å². The quantitative estimate of drug-likeness (QED) is 0.555. The van der Waals surface area contributed by atoms with Crippen LogP contribution in [0, 0.1) is 6.92 Å². The number of thiazole rings is 1. The van der Waals surface area contributed by atoms with Crippen molar-refractivity contribution >= 4 is 34.8 Å². The fraction of sp³-hybridized carbons (Fsp3) is 0.125. The average molecular weight is 259 g/mol. The van der Waals surface area contributed by atoms with E-state index in [9.17, 15) is 0 Å². The smallest absolute Gasteiger partial charge is 0.212 e. The van der Waals surface area contributed by atoms with Crippen LogP contribution in [0.15, 0.2) is 16.6 Å². The molecule has 0 aliphatic heterocycles. The molecule has 0 bridgehead atoms. The highest BCUT2D eigenvalue weighted by molar-refractivity contribution is 7.13. The van der Waals surface area contributed by atoms with E-state index in [0.29, 0.717) is 5.13 Å². The molecule has 0 radical (unpaired) electrons. The second-order valence-electron chi connectivity index (χ2n) is 2.93. The lowest BCUT2D eigenvalue weighted by atomic mass is 10.4. The molecule has 2 aromatic heterocycles. The van der Waals surface area contributed by atoms with Crippen molar-refractivity contribution in [1.29, 1.82) is 0 Å². The Morgan fingerprint density at radius 3 is 2.81 bits per heavy atom. The van der Waals surface area contributed by atoms with E-state index in [1.54, 1.807) is 6.20 Å². The Morgan fingerprint density at radius 2 is 2.25 bits per heavy atom. The summed E-state index contributed by atoms with van der Waals surface area (Å²) in [5, 5.41) is 2.41. The number of hydrogen-bond acceptors (Lipinski definition) is 4. The summed E-state index contributed by atoms with van der Waals surface area (Å²) in [6.07, 6.45) is 1.73. The van der Waals surface area contributed by atoms with Gasteiger partial charge < -0.3 is 16.5 Å². The maximum atomic E-state index is 5.25. The summed E-state index contributed by atoms with van der Waals surface area (Å²) < 4.78 is 0. The Morgan fingerprint density at radius 1 is 1.50 bits per heavy atom. The number of aromatic amines is 1. The molecule has 0 saturated heterocycles. The van der Waals surface area contributed by atoms with E-state index in [-0.39, 0.29) is 18.4 Å². The predicted molar refractivity (Wildman–Crippen MR) is 67.2 cm³/mol. The first-order valence-corrected chi connectivity index (χ1v) is 5.10. The molecule has 0 atom stereocenters. The summed E-state index contributed by atoms with van der Waals surface area (Å²) in [7, 11) is 0. The lowest BCUT2D eigenvalue weighted by Crippen LogP contribution is -2.21. The fourth-order valence-electron chi connectivity index (χ4n) is 1.10. The minimum absolute atomic E-state index is 0. The van der Waals surface area contributed by atoms with E-state index in [0.717, 1.165) is 17.2 Å². The predicted octanol–water partition coefficient (Wildman–Crippen LogP) is 1.17. The molecule has 0 spiro atoms. The summed E-state index contributed by atoms with van der Waals surface area (Å²) >= 11 is 1.38. The molecule has 0 unspecified atom stereocenters. The molecule has 2 rings (SSSR count). The second kappa shape index (κ2) is 4.95. The van der Waals surface area contributed by atoms with Crippen molar-refractivity contribution < 1.29 is 0 Å². The van der Waals surface area contributed by atoms with Gasteiger partial charge in [-0.05, 0) is 6.92 Å². The van der Waals surface area contributed by atoms with E-state index in [2.05, 4.69) is 19.9 Å². The van der Waals surface area contributed by atoms with Crippen LogP contribution in [0.3, 0.4) is 0 Å². The number of aliphatic imine (C=N–C) groups is 1. The number of H-pyrrole nitrogens is 1. The third-order valence-electron chi connectivity index (χ3n) is 1.70. The first-order chi connectivity index (χ1) is 7.15. The van der Waals surface area contributed by atoms with Crippen molar-refractivity contribution in [2.45, 2.75) is 6.92 Å². The van der Waals surface area contributed by atoms with E-state index in [4.69, 9.17) is 11.5 Å². The van der Waals surface area contributed by atoms with E-state index in [1.807, 2.05) is 12.3 Å². The van der Waals surface area contributed by atoms with E-state index < -0.39 is 0 Å². The Balaban J connectivity index is 0.00000128. The van der Waals surface area contributed by atoms with Crippen LogP contribution >= 0.6 is 23.7 Å². The fourth-order valence-corrected chi connectivity index (χ4v) is 1.81. The molecule has 0 aliphatic rings. The van der Waals surface area contributed by atoms with Crippen LogP contribution in [0.5, 0.6) is 0 Å². The van der Waals surface area contributed by atoms with Gasteiger partial charge >= 0.3 is 0 Å². The summed E-state index contributed by atoms with van der Waals surface area (Å²) in [5.74, 6) is 0.859. The Kier molecular flexibility index (Phi) is 3.86. The van der Waals surface area contributed by atoms with Gasteiger partial charge in [0.25, 0.3) is 0 Å². The molecule has 0 aromatic carbocycles. The highest BCUT2D eigenvalue weighted by Gasteiger charge is 2.05. The third-order valence-corrected chi connectivity index (χ3v) is 2.43. The van der Waals surface area contributed by atoms with Crippen LogP contribution in [0.25, 0.3) is 11.4 Å². The van der Waals surface area contributed by atoms with Crippen molar-refractivity contribution in [3.8, 4) is 11.4 Å². The number of halogens is 1. The molecule has 0 aliphatic carbocycles. The summed E-state index contributed by atoms with van der Waals surface area (Å²) in [4.78, 5) is 15.3. The molecule has 8 heteroatoms. The largest absolute Gasteiger partial charge is 0.370 e. The SMILES string of the molecule is Cc1ncc(-c2csc(N=C(N)N)n2)[nH]1.Cl. The molecule has 5 N–H and O–H groups in total. The lowest BCUT2D eigenvalue weighted by molar-refractivity contribution is 1.15. The van der Waals surface area contributed by atoms with Crippen LogP contribution in [-0.4, -0.2) is 20.9 Å². The van der Waals surface area contributed by atoms with E-state index in [1.165, 1.54) is 11.3 Å². The zero-order valence-corrected chi connectivity index (χ0v) is 10.1. The highest BCUT2D eigenvalue weighted by Crippen LogP contribution is 2.25. The lowest BCUT2D eigenvalue weighted by Gasteiger charge is -1.88. The topological polar surface area (TPSA) is 106 Å². The standard InChI is InChI=1S/C8H10N6S.ClH/c1-4-11-2-5(12-4)6-3-15-8(13-6)14-7(9)10;/h2-3H,1H3,(H,11,12)(H4,9,10,13,14);1H. The number of nitrogens with two attached hydrogens (primary N) is 2. The maximum absolute atomic E-state index is 5.25. The number of aromatic nitrogens is 3. The number of imidazole rings is 1. The third kappa shape index (κ3) is 2.71. The van der Waals surface area contributed by atoms with Crippen molar-refractivity contribution in [2.24, 2.45) is 16.5 Å². The summed E-state index contributed by atoms with van der Waals surface area (Å²) in [6, 6.07) is 0. The van der Waals surface area contributed by atoms with Gasteiger partial charge in [-0.3, -0.25) is 0 Å². The Bertz CT molecular complexity index is 498. The van der Waals surface area contributed by atoms with Gasteiger partial charge in [0.15, 0.2) is 5.96 Å². The van der Waals surface area contributed by atoms with Gasteiger partial charge in [0.05, 0.1) is 11.9 Å². The van der Waals surface area contributed by atoms with Gasteiger partial charge in [-0.15, -0.1) is 23.7 Å². The molecular weight excluding hydrogens is 248 g/mol. The van der Waals surface area contributed by atoms with Crippen molar-refractivity contribution in [3.63, 3.8) is 0 Å². The monoisotopic (exact) mass is 258 g/mol.